The maximum absolute atomic E-state index is 12.5. The van der Waals surface area contributed by atoms with Gasteiger partial charge in [0.2, 0.25) is 0 Å². The number of hydrogen-bond acceptors (Lipinski definition) is 6. The number of ether oxygens (including phenoxy) is 1. The molecule has 1 aromatic carbocycles. The second-order valence-electron chi connectivity index (χ2n) is 7.27. The molecule has 2 N–H and O–H groups in total. The Balaban J connectivity index is 1.36. The van der Waals surface area contributed by atoms with E-state index in [0.717, 1.165) is 12.1 Å². The summed E-state index contributed by atoms with van der Waals surface area (Å²) in [4.78, 5) is 16.4. The molecule has 3 heterocycles. The van der Waals surface area contributed by atoms with E-state index in [0.29, 0.717) is 18.7 Å². The lowest BCUT2D eigenvalue weighted by atomic mass is 10.1. The van der Waals surface area contributed by atoms with Crippen LogP contribution in [0.25, 0.3) is 11.3 Å². The Morgan fingerprint density at radius 3 is 2.97 bits per heavy atom. The molecule has 0 aliphatic carbocycles. The highest BCUT2D eigenvalue weighted by Gasteiger charge is 2.31. The van der Waals surface area contributed by atoms with Crippen LogP contribution >= 0.6 is 0 Å². The van der Waals surface area contributed by atoms with Crippen molar-refractivity contribution in [2.75, 3.05) is 6.54 Å². The van der Waals surface area contributed by atoms with Crippen molar-refractivity contribution in [2.24, 2.45) is 0 Å². The minimum absolute atomic E-state index is 0.104. The fourth-order valence-electron chi connectivity index (χ4n) is 3.47. The number of alkyl halides is 3. The minimum atomic E-state index is -4.80. The molecule has 1 amide bonds. The van der Waals surface area contributed by atoms with E-state index in [1.807, 2.05) is 17.7 Å². The van der Waals surface area contributed by atoms with Crippen molar-refractivity contribution in [3.05, 3.63) is 54.3 Å². The van der Waals surface area contributed by atoms with E-state index in [4.69, 9.17) is 4.42 Å². The lowest BCUT2D eigenvalue weighted by molar-refractivity contribution is -0.274. The first-order valence-electron chi connectivity index (χ1n) is 9.61. The third-order valence-electron chi connectivity index (χ3n) is 4.93. The monoisotopic (exact) mass is 435 g/mol. The maximum Gasteiger partial charge on any atom is 0.573 e. The summed E-state index contributed by atoms with van der Waals surface area (Å²) in [5.41, 5.74) is 1.37. The highest BCUT2D eigenvalue weighted by molar-refractivity contribution is 5.90. The first-order chi connectivity index (χ1) is 14.8. The second kappa shape index (κ2) is 8.42. The fourth-order valence-corrected chi connectivity index (χ4v) is 3.47. The summed E-state index contributed by atoms with van der Waals surface area (Å²) in [7, 11) is 0. The quantitative estimate of drug-likeness (QED) is 0.619. The van der Waals surface area contributed by atoms with Gasteiger partial charge in [-0.25, -0.2) is 4.98 Å². The highest BCUT2D eigenvalue weighted by atomic mass is 19.4. The standard InChI is InChI=1S/C20H20F3N5O3/c1-12-5-6-26-28(12)11-15-8-14(9-24-15)27-18(29)19-25-10-17(30-19)13-3-2-4-16(7-13)31-20(21,22)23/h2-7,10,14-15,24H,8-9,11H2,1H3,(H,27,29)/t14-,15+/m1/s1. The first kappa shape index (κ1) is 20.9. The van der Waals surface area contributed by atoms with Gasteiger partial charge < -0.3 is 19.8 Å². The van der Waals surface area contributed by atoms with Crippen molar-refractivity contribution < 1.29 is 27.1 Å². The van der Waals surface area contributed by atoms with Crippen molar-refractivity contribution >= 4 is 5.91 Å². The zero-order valence-electron chi connectivity index (χ0n) is 16.5. The first-order valence-corrected chi connectivity index (χ1v) is 9.61. The van der Waals surface area contributed by atoms with Crippen LogP contribution in [0, 0.1) is 6.92 Å². The van der Waals surface area contributed by atoms with E-state index in [-0.39, 0.29) is 29.5 Å². The number of oxazole rings is 1. The van der Waals surface area contributed by atoms with Crippen molar-refractivity contribution in [2.45, 2.75) is 38.3 Å². The van der Waals surface area contributed by atoms with Gasteiger partial charge in [-0.2, -0.15) is 5.10 Å². The van der Waals surface area contributed by atoms with Crippen LogP contribution in [0.15, 0.2) is 47.1 Å². The van der Waals surface area contributed by atoms with Gasteiger partial charge in [-0.1, -0.05) is 12.1 Å². The third kappa shape index (κ3) is 5.23. The molecule has 4 rings (SSSR count). The van der Waals surface area contributed by atoms with Crippen LogP contribution in [0.4, 0.5) is 13.2 Å². The second-order valence-corrected chi connectivity index (χ2v) is 7.27. The normalized spacial score (nSPS) is 18.8. The largest absolute Gasteiger partial charge is 0.573 e. The average Bonchev–Trinajstić information content (AvgIpc) is 3.43. The van der Waals surface area contributed by atoms with Gasteiger partial charge in [-0.3, -0.25) is 9.48 Å². The van der Waals surface area contributed by atoms with E-state index < -0.39 is 12.3 Å². The number of hydrogen-bond donors (Lipinski definition) is 2. The zero-order valence-corrected chi connectivity index (χ0v) is 16.5. The van der Waals surface area contributed by atoms with E-state index >= 15 is 0 Å². The number of carbonyl (C=O) groups is 1. The van der Waals surface area contributed by atoms with E-state index in [1.54, 1.807) is 6.20 Å². The number of halogens is 3. The fraction of sp³-hybridized carbons (Fsp3) is 0.350. The topological polar surface area (TPSA) is 94.2 Å². The van der Waals surface area contributed by atoms with Gasteiger partial charge in [0.15, 0.2) is 5.76 Å². The molecule has 164 valence electrons. The minimum Gasteiger partial charge on any atom is -0.432 e. The molecule has 2 aromatic heterocycles. The number of aromatic nitrogens is 3. The number of amides is 1. The molecule has 1 saturated heterocycles. The lowest BCUT2D eigenvalue weighted by Gasteiger charge is -2.12. The van der Waals surface area contributed by atoms with Crippen LogP contribution in [-0.4, -0.2) is 45.7 Å². The summed E-state index contributed by atoms with van der Waals surface area (Å²) in [5.74, 6) is -0.877. The molecule has 1 aliphatic heterocycles. The summed E-state index contributed by atoms with van der Waals surface area (Å²) >= 11 is 0. The number of nitrogens with one attached hydrogen (secondary N) is 2. The van der Waals surface area contributed by atoms with Crippen LogP contribution in [0.5, 0.6) is 5.75 Å². The molecule has 0 unspecified atom stereocenters. The molecule has 0 radical (unpaired) electrons. The summed E-state index contributed by atoms with van der Waals surface area (Å²) in [6.07, 6.45) is -1.05. The van der Waals surface area contributed by atoms with Crippen molar-refractivity contribution in [1.82, 2.24) is 25.4 Å². The van der Waals surface area contributed by atoms with Crippen molar-refractivity contribution in [1.29, 1.82) is 0 Å². The number of benzene rings is 1. The van der Waals surface area contributed by atoms with Crippen LogP contribution in [0.1, 0.15) is 22.8 Å². The van der Waals surface area contributed by atoms with Gasteiger partial charge in [0.05, 0.1) is 12.7 Å². The molecule has 0 bridgehead atoms. The Hall–Kier alpha value is -3.34. The van der Waals surface area contributed by atoms with Gasteiger partial charge in [-0.15, -0.1) is 13.2 Å². The average molecular weight is 435 g/mol. The number of nitrogens with zero attached hydrogens (tertiary/aromatic N) is 3. The molecule has 1 fully saturated rings. The summed E-state index contributed by atoms with van der Waals surface area (Å²) in [6, 6.07) is 7.26. The SMILES string of the molecule is Cc1ccnn1C[C@@H]1C[C@@H](NC(=O)c2ncc(-c3cccc(OC(F)(F)F)c3)o2)CN1. The Labute approximate surface area is 175 Å². The van der Waals surface area contributed by atoms with Gasteiger partial charge in [0.25, 0.3) is 5.89 Å². The van der Waals surface area contributed by atoms with Gasteiger partial charge in [0.1, 0.15) is 5.75 Å². The predicted molar refractivity (Wildman–Crippen MR) is 103 cm³/mol. The predicted octanol–water partition coefficient (Wildman–Crippen LogP) is 2.91. The molecular formula is C20H20F3N5O3. The molecule has 2 atom stereocenters. The molecular weight excluding hydrogens is 415 g/mol. The Kier molecular flexibility index (Phi) is 5.68. The number of rotatable bonds is 6. The Morgan fingerprint density at radius 2 is 2.23 bits per heavy atom. The molecule has 31 heavy (non-hydrogen) atoms. The number of carbonyl (C=O) groups excluding carboxylic acids is 1. The summed E-state index contributed by atoms with van der Waals surface area (Å²) in [5, 5.41) is 10.5. The summed E-state index contributed by atoms with van der Waals surface area (Å²) < 4.78 is 48.5. The molecule has 1 aliphatic rings. The van der Waals surface area contributed by atoms with E-state index in [1.165, 1.54) is 30.5 Å². The number of aryl methyl sites for hydroxylation is 1. The van der Waals surface area contributed by atoms with E-state index in [2.05, 4.69) is 25.5 Å². The lowest BCUT2D eigenvalue weighted by Crippen LogP contribution is -2.36. The molecule has 11 heteroatoms. The van der Waals surface area contributed by atoms with Crippen molar-refractivity contribution in [3.8, 4) is 17.1 Å². The van der Waals surface area contributed by atoms with Crippen LogP contribution < -0.4 is 15.4 Å². The summed E-state index contributed by atoms with van der Waals surface area (Å²) in [6.45, 7) is 3.28. The molecule has 3 aromatic rings. The Bertz CT molecular complexity index is 1060. The van der Waals surface area contributed by atoms with Crippen molar-refractivity contribution in [3.63, 3.8) is 0 Å². The molecule has 0 saturated carbocycles. The Morgan fingerprint density at radius 1 is 1.39 bits per heavy atom. The van der Waals surface area contributed by atoms with E-state index in [9.17, 15) is 18.0 Å². The maximum atomic E-state index is 12.5. The molecule has 0 spiro atoms. The van der Waals surface area contributed by atoms with Gasteiger partial charge in [-0.05, 0) is 31.5 Å². The van der Waals surface area contributed by atoms with Gasteiger partial charge >= 0.3 is 12.3 Å². The zero-order chi connectivity index (χ0) is 22.0. The third-order valence-corrected chi connectivity index (χ3v) is 4.93. The van der Waals surface area contributed by atoms with Gasteiger partial charge in [0, 0.05) is 36.1 Å². The van der Waals surface area contributed by atoms with Crippen LogP contribution in [0.3, 0.4) is 0 Å². The smallest absolute Gasteiger partial charge is 0.432 e. The van der Waals surface area contributed by atoms with Crippen LogP contribution in [-0.2, 0) is 6.54 Å². The molecule has 8 nitrogen and oxygen atoms in total. The van der Waals surface area contributed by atoms with Crippen LogP contribution in [0.2, 0.25) is 0 Å². The highest BCUT2D eigenvalue weighted by Crippen LogP contribution is 2.28.